The molecule has 0 amide bonds. The first kappa shape index (κ1) is 16.3. The molecule has 1 fully saturated rings. The molecule has 2 heterocycles. The number of methoxy groups -OCH3 is 1. The highest BCUT2D eigenvalue weighted by atomic mass is 32.2. The van der Waals surface area contributed by atoms with Crippen LogP contribution in [0.5, 0.6) is 0 Å². The van der Waals surface area contributed by atoms with E-state index in [0.29, 0.717) is 6.61 Å². The smallest absolute Gasteiger partial charge is 0.351 e. The van der Waals surface area contributed by atoms with Crippen LogP contribution < -0.4 is 10.6 Å². The summed E-state index contributed by atoms with van der Waals surface area (Å²) in [6, 6.07) is 1.89. The van der Waals surface area contributed by atoms with Crippen LogP contribution in [0.1, 0.15) is 26.5 Å². The van der Waals surface area contributed by atoms with E-state index in [4.69, 9.17) is 9.47 Å². The third-order valence-electron chi connectivity index (χ3n) is 3.36. The predicted octanol–water partition coefficient (Wildman–Crippen LogP) is 1.71. The molecule has 1 aromatic heterocycles. The molecule has 0 aromatic carbocycles. The van der Waals surface area contributed by atoms with Crippen molar-refractivity contribution in [2.45, 2.75) is 31.9 Å². The van der Waals surface area contributed by atoms with Gasteiger partial charge in [-0.25, -0.2) is 4.79 Å². The van der Waals surface area contributed by atoms with Crippen LogP contribution in [0, 0.1) is 0 Å². The number of hydrogen-bond acceptors (Lipinski definition) is 6. The molecule has 0 spiro atoms. The van der Waals surface area contributed by atoms with Gasteiger partial charge in [-0.15, -0.1) is 11.8 Å². The van der Waals surface area contributed by atoms with E-state index in [2.05, 4.69) is 23.7 Å². The van der Waals surface area contributed by atoms with Crippen molar-refractivity contribution in [3.63, 3.8) is 0 Å². The van der Waals surface area contributed by atoms with Gasteiger partial charge in [0.15, 0.2) is 0 Å². The van der Waals surface area contributed by atoms with Crippen LogP contribution in [-0.2, 0) is 9.47 Å². The van der Waals surface area contributed by atoms with E-state index in [9.17, 15) is 4.79 Å². The van der Waals surface area contributed by atoms with E-state index < -0.39 is 0 Å². The normalized spacial score (nSPS) is 21.7. The first-order valence-corrected chi connectivity index (χ1v) is 8.34. The van der Waals surface area contributed by atoms with Crippen molar-refractivity contribution in [3.05, 3.63) is 22.7 Å². The number of rotatable bonds is 7. The minimum atomic E-state index is -0.259. The number of hydrogen-bond donors (Lipinski definition) is 0. The highest BCUT2D eigenvalue weighted by Crippen LogP contribution is 2.30. The molecule has 118 valence electrons. The molecule has 1 saturated heterocycles. The Morgan fingerprint density at radius 2 is 2.38 bits per heavy atom. The third-order valence-corrected chi connectivity index (χ3v) is 4.46. The van der Waals surface area contributed by atoms with Crippen LogP contribution in [-0.4, -0.2) is 47.5 Å². The quantitative estimate of drug-likeness (QED) is 0.764. The van der Waals surface area contributed by atoms with Crippen molar-refractivity contribution >= 4 is 17.6 Å². The summed E-state index contributed by atoms with van der Waals surface area (Å²) in [6.07, 6.45) is 2.55. The SMILES string of the molecule is CCCN(CC)c1ccn([C@@H]2CS[C@H](COC)O2)c(=O)n1. The zero-order chi connectivity index (χ0) is 15.2. The van der Waals surface area contributed by atoms with Gasteiger partial charge in [0.25, 0.3) is 0 Å². The van der Waals surface area contributed by atoms with Gasteiger partial charge in [0.2, 0.25) is 0 Å². The molecule has 0 radical (unpaired) electrons. The first-order valence-electron chi connectivity index (χ1n) is 7.29. The molecule has 2 atom stereocenters. The maximum absolute atomic E-state index is 12.2. The van der Waals surface area contributed by atoms with Crippen molar-refractivity contribution < 1.29 is 9.47 Å². The zero-order valence-electron chi connectivity index (χ0n) is 12.8. The van der Waals surface area contributed by atoms with Crippen molar-refractivity contribution in [2.24, 2.45) is 0 Å². The number of nitrogens with zero attached hydrogens (tertiary/aromatic N) is 3. The number of thioether (sulfide) groups is 1. The molecule has 2 rings (SSSR count). The molecule has 1 aliphatic rings. The molecule has 0 N–H and O–H groups in total. The number of anilines is 1. The van der Waals surface area contributed by atoms with Crippen molar-refractivity contribution in [1.29, 1.82) is 0 Å². The van der Waals surface area contributed by atoms with Crippen LogP contribution in [0.25, 0.3) is 0 Å². The summed E-state index contributed by atoms with van der Waals surface area (Å²) < 4.78 is 12.4. The second-order valence-corrected chi connectivity index (χ2v) is 6.06. The minimum Gasteiger partial charge on any atom is -0.381 e. The van der Waals surface area contributed by atoms with Gasteiger partial charge < -0.3 is 14.4 Å². The lowest BCUT2D eigenvalue weighted by atomic mass is 10.4. The Hall–Kier alpha value is -1.05. The second kappa shape index (κ2) is 7.82. The van der Waals surface area contributed by atoms with Gasteiger partial charge in [-0.1, -0.05) is 6.92 Å². The predicted molar refractivity (Wildman–Crippen MR) is 84.9 cm³/mol. The summed E-state index contributed by atoms with van der Waals surface area (Å²) >= 11 is 1.66. The van der Waals surface area contributed by atoms with E-state index in [1.165, 1.54) is 0 Å². The summed E-state index contributed by atoms with van der Waals surface area (Å²) in [6.45, 7) is 6.45. The van der Waals surface area contributed by atoms with Gasteiger partial charge in [0.1, 0.15) is 17.5 Å². The van der Waals surface area contributed by atoms with Crippen LogP contribution in [0.3, 0.4) is 0 Å². The lowest BCUT2D eigenvalue weighted by Gasteiger charge is -2.22. The molecule has 1 aromatic rings. The van der Waals surface area contributed by atoms with E-state index >= 15 is 0 Å². The van der Waals surface area contributed by atoms with E-state index in [0.717, 1.165) is 31.1 Å². The largest absolute Gasteiger partial charge is 0.381 e. The molecule has 6 nitrogen and oxygen atoms in total. The lowest BCUT2D eigenvalue weighted by molar-refractivity contribution is -0.0152. The van der Waals surface area contributed by atoms with Gasteiger partial charge in [-0.2, -0.15) is 4.98 Å². The zero-order valence-corrected chi connectivity index (χ0v) is 13.6. The molecule has 21 heavy (non-hydrogen) atoms. The minimum absolute atomic E-state index is 0.0150. The maximum Gasteiger partial charge on any atom is 0.351 e. The van der Waals surface area contributed by atoms with Crippen molar-refractivity contribution in [2.75, 3.05) is 37.5 Å². The molecule has 1 aliphatic heterocycles. The van der Waals surface area contributed by atoms with Crippen LogP contribution >= 0.6 is 11.8 Å². The van der Waals surface area contributed by atoms with E-state index in [1.54, 1.807) is 29.6 Å². The fourth-order valence-electron chi connectivity index (χ4n) is 2.32. The van der Waals surface area contributed by atoms with Gasteiger partial charge in [-0.3, -0.25) is 4.57 Å². The Morgan fingerprint density at radius 3 is 3.00 bits per heavy atom. The average Bonchev–Trinajstić information content (AvgIpc) is 2.93. The average molecular weight is 313 g/mol. The Kier molecular flexibility index (Phi) is 6.08. The van der Waals surface area contributed by atoms with Gasteiger partial charge in [0.05, 0.1) is 6.61 Å². The van der Waals surface area contributed by atoms with E-state index in [1.807, 2.05) is 6.07 Å². The molecule has 0 unspecified atom stereocenters. The first-order chi connectivity index (χ1) is 10.2. The summed E-state index contributed by atoms with van der Waals surface area (Å²) in [5.41, 5.74) is -0.274. The molecule has 7 heteroatoms. The van der Waals surface area contributed by atoms with Crippen molar-refractivity contribution in [3.8, 4) is 0 Å². The Balaban J connectivity index is 2.11. The van der Waals surface area contributed by atoms with Gasteiger partial charge in [-0.05, 0) is 19.4 Å². The molecule has 0 saturated carbocycles. The highest BCUT2D eigenvalue weighted by molar-refractivity contribution is 8.00. The topological polar surface area (TPSA) is 56.6 Å². The summed E-state index contributed by atoms with van der Waals surface area (Å²) in [5, 5.41) is 0. The van der Waals surface area contributed by atoms with Crippen molar-refractivity contribution in [1.82, 2.24) is 9.55 Å². The van der Waals surface area contributed by atoms with Gasteiger partial charge in [0, 0.05) is 32.1 Å². The number of ether oxygens (including phenoxy) is 2. The third kappa shape index (κ3) is 3.99. The molecular weight excluding hydrogens is 290 g/mol. The van der Waals surface area contributed by atoms with Gasteiger partial charge >= 0.3 is 5.69 Å². The number of aromatic nitrogens is 2. The standard InChI is InChI=1S/C14H23N3O3S/c1-4-7-16(5-2)11-6-8-17(14(18)15-11)12-10-21-13(20-12)9-19-3/h6,8,12-13H,4-5,7,9-10H2,1-3H3/t12-,13+/m0/s1. The summed E-state index contributed by atoms with van der Waals surface area (Å²) in [5.74, 6) is 1.47. The summed E-state index contributed by atoms with van der Waals surface area (Å²) in [7, 11) is 1.65. The Bertz CT molecular complexity index is 508. The maximum atomic E-state index is 12.2. The van der Waals surface area contributed by atoms with Crippen LogP contribution in [0.2, 0.25) is 0 Å². The Morgan fingerprint density at radius 1 is 1.57 bits per heavy atom. The molecule has 0 aliphatic carbocycles. The monoisotopic (exact) mass is 313 g/mol. The fourth-order valence-corrected chi connectivity index (χ4v) is 3.37. The van der Waals surface area contributed by atoms with Crippen LogP contribution in [0.4, 0.5) is 5.82 Å². The highest BCUT2D eigenvalue weighted by Gasteiger charge is 2.28. The molecule has 0 bridgehead atoms. The second-order valence-electron chi connectivity index (χ2n) is 4.86. The van der Waals surface area contributed by atoms with Crippen LogP contribution in [0.15, 0.2) is 17.1 Å². The molecular formula is C14H23N3O3S. The Labute approximate surface area is 129 Å². The fraction of sp³-hybridized carbons (Fsp3) is 0.714. The lowest BCUT2D eigenvalue weighted by Crippen LogP contribution is -2.32. The van der Waals surface area contributed by atoms with E-state index in [-0.39, 0.29) is 17.4 Å². The summed E-state index contributed by atoms with van der Waals surface area (Å²) in [4.78, 5) is 18.5.